The summed E-state index contributed by atoms with van der Waals surface area (Å²) in [5.74, 6) is 0.558. The van der Waals surface area contributed by atoms with Crippen molar-refractivity contribution in [2.75, 3.05) is 13.3 Å². The second kappa shape index (κ2) is 7.73. The number of aliphatic hydroxyl groups excluding tert-OH is 1. The summed E-state index contributed by atoms with van der Waals surface area (Å²) in [6.45, 7) is 4.16. The number of aryl methyl sites for hydroxylation is 1. The lowest BCUT2D eigenvalue weighted by Gasteiger charge is -2.20. The first-order valence-electron chi connectivity index (χ1n) is 8.75. The van der Waals surface area contributed by atoms with Gasteiger partial charge < -0.3 is 5.11 Å². The molecule has 27 heavy (non-hydrogen) atoms. The lowest BCUT2D eigenvalue weighted by atomic mass is 9.94. The molecule has 1 saturated carbocycles. The average molecular weight is 400 g/mol. The largest absolute Gasteiger partial charge is 0.434 e. The van der Waals surface area contributed by atoms with Gasteiger partial charge in [-0.15, -0.1) is 0 Å². The normalized spacial score (nSPS) is 15.8. The Morgan fingerprint density at radius 2 is 2.04 bits per heavy atom. The number of aliphatic hydroxyl groups is 1. The number of pyridine rings is 2. The number of alkyl halides is 3. The first kappa shape index (κ1) is 20.0. The Morgan fingerprint density at radius 3 is 2.63 bits per heavy atom. The molecule has 146 valence electrons. The van der Waals surface area contributed by atoms with E-state index in [0.717, 1.165) is 35.9 Å². The summed E-state index contributed by atoms with van der Waals surface area (Å²) in [6, 6.07) is 3.44. The first-order valence-corrected chi connectivity index (χ1v) is 9.13. The zero-order chi connectivity index (χ0) is 19.8. The van der Waals surface area contributed by atoms with Gasteiger partial charge in [0.1, 0.15) is 0 Å². The predicted molar refractivity (Wildman–Crippen MR) is 97.5 cm³/mol. The lowest BCUT2D eigenvalue weighted by molar-refractivity contribution is -0.141. The molecule has 0 saturated heterocycles. The predicted octanol–water partition coefficient (Wildman–Crippen LogP) is 4.47. The van der Waals surface area contributed by atoms with Gasteiger partial charge in [-0.05, 0) is 55.9 Å². The van der Waals surface area contributed by atoms with Crippen molar-refractivity contribution in [1.82, 2.24) is 15.3 Å². The van der Waals surface area contributed by atoms with E-state index in [-0.39, 0.29) is 18.2 Å². The van der Waals surface area contributed by atoms with Gasteiger partial charge in [-0.2, -0.15) is 13.2 Å². The van der Waals surface area contributed by atoms with Crippen molar-refractivity contribution in [3.63, 3.8) is 0 Å². The van der Waals surface area contributed by atoms with Crippen molar-refractivity contribution >= 4 is 11.6 Å². The number of aromatic nitrogens is 2. The highest BCUT2D eigenvalue weighted by atomic mass is 35.5. The van der Waals surface area contributed by atoms with Crippen LogP contribution in [0.5, 0.6) is 0 Å². The second-order valence-electron chi connectivity index (χ2n) is 6.91. The molecule has 4 nitrogen and oxygen atoms in total. The van der Waals surface area contributed by atoms with Crippen LogP contribution in [0.1, 0.15) is 41.3 Å². The fourth-order valence-electron chi connectivity index (χ4n) is 3.27. The summed E-state index contributed by atoms with van der Waals surface area (Å²) in [6.07, 6.45) is -1.36. The van der Waals surface area contributed by atoms with E-state index in [9.17, 15) is 13.2 Å². The van der Waals surface area contributed by atoms with Crippen LogP contribution in [-0.4, -0.2) is 28.4 Å². The summed E-state index contributed by atoms with van der Waals surface area (Å²) in [4.78, 5) is 8.10. The molecule has 2 N–H and O–H groups in total. The molecule has 2 aromatic rings. The molecule has 0 radical (unpaired) electrons. The topological polar surface area (TPSA) is 58.0 Å². The van der Waals surface area contributed by atoms with Gasteiger partial charge in [0.15, 0.2) is 5.69 Å². The van der Waals surface area contributed by atoms with Crippen molar-refractivity contribution in [2.45, 2.75) is 38.8 Å². The summed E-state index contributed by atoms with van der Waals surface area (Å²) in [5, 5.41) is 11.6. The van der Waals surface area contributed by atoms with E-state index in [1.54, 1.807) is 0 Å². The molecule has 2 aromatic heterocycles. The van der Waals surface area contributed by atoms with E-state index in [1.165, 1.54) is 6.07 Å². The molecule has 3 rings (SSSR count). The van der Waals surface area contributed by atoms with Crippen LogP contribution in [0.15, 0.2) is 18.3 Å². The summed E-state index contributed by atoms with van der Waals surface area (Å²) in [5.41, 5.74) is 2.09. The quantitative estimate of drug-likeness (QED) is 0.704. The Labute approximate surface area is 160 Å². The minimum Gasteiger partial charge on any atom is -0.381 e. The SMILES string of the molecule is Cc1cc(C(CNCO)C2CC2)nc(-c2ccnc(C(F)(F)F)c2Cl)c1C. The fourth-order valence-corrected chi connectivity index (χ4v) is 3.58. The maximum Gasteiger partial charge on any atom is 0.434 e. The number of hydrogen-bond acceptors (Lipinski definition) is 4. The summed E-state index contributed by atoms with van der Waals surface area (Å²) < 4.78 is 39.6. The zero-order valence-corrected chi connectivity index (χ0v) is 15.8. The van der Waals surface area contributed by atoms with E-state index in [2.05, 4.69) is 10.3 Å². The van der Waals surface area contributed by atoms with Crippen molar-refractivity contribution < 1.29 is 18.3 Å². The molecule has 1 aliphatic carbocycles. The Kier molecular flexibility index (Phi) is 5.74. The van der Waals surface area contributed by atoms with Crippen LogP contribution in [-0.2, 0) is 6.18 Å². The van der Waals surface area contributed by atoms with E-state index in [0.29, 0.717) is 18.2 Å². The molecule has 1 unspecified atom stereocenters. The highest BCUT2D eigenvalue weighted by Gasteiger charge is 2.37. The number of rotatable bonds is 6. The van der Waals surface area contributed by atoms with Gasteiger partial charge in [-0.1, -0.05) is 11.6 Å². The number of nitrogens with zero attached hydrogens (tertiary/aromatic N) is 2. The Bertz CT molecular complexity index is 838. The zero-order valence-electron chi connectivity index (χ0n) is 15.1. The van der Waals surface area contributed by atoms with Crippen LogP contribution in [0.25, 0.3) is 11.3 Å². The van der Waals surface area contributed by atoms with Gasteiger partial charge in [-0.3, -0.25) is 15.3 Å². The Balaban J connectivity index is 2.10. The van der Waals surface area contributed by atoms with Gasteiger partial charge >= 0.3 is 6.18 Å². The second-order valence-corrected chi connectivity index (χ2v) is 7.29. The van der Waals surface area contributed by atoms with Crippen molar-refractivity contribution in [3.05, 3.63) is 45.9 Å². The molecule has 0 aliphatic heterocycles. The van der Waals surface area contributed by atoms with Crippen molar-refractivity contribution in [2.24, 2.45) is 5.92 Å². The van der Waals surface area contributed by atoms with Crippen molar-refractivity contribution in [3.8, 4) is 11.3 Å². The molecule has 0 bridgehead atoms. The molecule has 1 atom stereocenters. The smallest absolute Gasteiger partial charge is 0.381 e. The molecule has 2 heterocycles. The van der Waals surface area contributed by atoms with E-state index >= 15 is 0 Å². The molecular weight excluding hydrogens is 379 g/mol. The van der Waals surface area contributed by atoms with Crippen LogP contribution in [0.3, 0.4) is 0 Å². The monoisotopic (exact) mass is 399 g/mol. The van der Waals surface area contributed by atoms with E-state index in [1.807, 2.05) is 19.9 Å². The van der Waals surface area contributed by atoms with Crippen LogP contribution in [0.2, 0.25) is 5.02 Å². The summed E-state index contributed by atoms with van der Waals surface area (Å²) in [7, 11) is 0. The third-order valence-electron chi connectivity index (χ3n) is 5.01. The maximum atomic E-state index is 13.2. The molecular formula is C19H21ClF3N3O. The van der Waals surface area contributed by atoms with Gasteiger partial charge in [0.05, 0.1) is 17.4 Å². The lowest BCUT2D eigenvalue weighted by Crippen LogP contribution is -2.24. The molecule has 0 amide bonds. The Hall–Kier alpha value is -1.70. The minimum absolute atomic E-state index is 0.0953. The molecule has 1 aliphatic rings. The van der Waals surface area contributed by atoms with E-state index in [4.69, 9.17) is 21.7 Å². The highest BCUT2D eigenvalue weighted by Crippen LogP contribution is 2.44. The maximum absolute atomic E-state index is 13.2. The van der Waals surface area contributed by atoms with Gasteiger partial charge in [-0.25, -0.2) is 0 Å². The van der Waals surface area contributed by atoms with Gasteiger partial charge in [0, 0.05) is 29.9 Å². The van der Waals surface area contributed by atoms with Crippen LogP contribution < -0.4 is 5.32 Å². The van der Waals surface area contributed by atoms with Gasteiger partial charge in [0.25, 0.3) is 0 Å². The Morgan fingerprint density at radius 1 is 1.33 bits per heavy atom. The average Bonchev–Trinajstić information content (AvgIpc) is 3.42. The third-order valence-corrected chi connectivity index (χ3v) is 5.39. The first-order chi connectivity index (χ1) is 12.7. The molecule has 8 heteroatoms. The van der Waals surface area contributed by atoms with Crippen LogP contribution in [0, 0.1) is 19.8 Å². The number of hydrogen-bond donors (Lipinski definition) is 2. The molecule has 0 spiro atoms. The van der Waals surface area contributed by atoms with Crippen LogP contribution in [0.4, 0.5) is 13.2 Å². The van der Waals surface area contributed by atoms with Gasteiger partial charge in [0.2, 0.25) is 0 Å². The fraction of sp³-hybridized carbons (Fsp3) is 0.474. The number of halogens is 4. The van der Waals surface area contributed by atoms with Crippen molar-refractivity contribution in [1.29, 1.82) is 0 Å². The minimum atomic E-state index is -4.63. The van der Waals surface area contributed by atoms with E-state index < -0.39 is 16.9 Å². The summed E-state index contributed by atoms with van der Waals surface area (Å²) >= 11 is 6.07. The number of nitrogens with one attached hydrogen (secondary N) is 1. The third kappa shape index (κ3) is 4.25. The standard InChI is InChI=1S/C19H21ClF3N3O/c1-10-7-15(14(8-24-9-27)12-3-4-12)26-17(11(10)2)13-5-6-25-18(16(13)20)19(21,22)23/h5-7,12,14,24,27H,3-4,8-9H2,1-2H3. The van der Waals surface area contributed by atoms with Crippen LogP contribution >= 0.6 is 11.6 Å². The highest BCUT2D eigenvalue weighted by molar-refractivity contribution is 6.34. The molecule has 0 aromatic carbocycles. The molecule has 1 fully saturated rings.